The molecule has 7 heteroatoms. The van der Waals surface area contributed by atoms with Gasteiger partial charge < -0.3 is 9.72 Å². The van der Waals surface area contributed by atoms with Crippen LogP contribution in [0.1, 0.15) is 25.3 Å². The monoisotopic (exact) mass is 377 g/mol. The summed E-state index contributed by atoms with van der Waals surface area (Å²) in [7, 11) is -3.11. The second kappa shape index (κ2) is 6.96. The highest BCUT2D eigenvalue weighted by atomic mass is 32.2. The number of hydrogen-bond donors (Lipinski definition) is 2. The lowest BCUT2D eigenvalue weighted by Gasteiger charge is -2.50. The van der Waals surface area contributed by atoms with Gasteiger partial charge in [0.25, 0.3) is 0 Å². The zero-order chi connectivity index (χ0) is 18.2. The minimum atomic E-state index is -3.11. The summed E-state index contributed by atoms with van der Waals surface area (Å²) in [5, 5.41) is 1.28. The molecule has 2 aromatic rings. The van der Waals surface area contributed by atoms with Gasteiger partial charge in [0.1, 0.15) is 0 Å². The van der Waals surface area contributed by atoms with Crippen LogP contribution in [0, 0.1) is 5.92 Å². The van der Waals surface area contributed by atoms with Gasteiger partial charge in [-0.2, -0.15) is 0 Å². The minimum absolute atomic E-state index is 0.0797. The van der Waals surface area contributed by atoms with Crippen LogP contribution < -0.4 is 4.72 Å². The summed E-state index contributed by atoms with van der Waals surface area (Å²) >= 11 is 0. The van der Waals surface area contributed by atoms with E-state index in [1.54, 1.807) is 6.92 Å². The molecule has 142 valence electrons. The Balaban J connectivity index is 1.34. The normalized spacial score (nSPS) is 22.9. The Morgan fingerprint density at radius 2 is 2.19 bits per heavy atom. The molecule has 0 amide bonds. The molecule has 4 rings (SSSR count). The number of sulfonamides is 1. The lowest BCUT2D eigenvalue weighted by molar-refractivity contribution is -0.136. The third-order valence-corrected chi connectivity index (χ3v) is 7.26. The molecule has 1 unspecified atom stereocenters. The van der Waals surface area contributed by atoms with Crippen LogP contribution in [0.2, 0.25) is 0 Å². The van der Waals surface area contributed by atoms with Crippen LogP contribution >= 0.6 is 0 Å². The van der Waals surface area contributed by atoms with E-state index in [2.05, 4.69) is 38.9 Å². The Morgan fingerprint density at radius 3 is 3.00 bits per heavy atom. The number of aromatic amines is 1. The maximum atomic E-state index is 11.6. The Bertz CT molecular complexity index is 871. The average molecular weight is 378 g/mol. The van der Waals surface area contributed by atoms with Gasteiger partial charge in [0, 0.05) is 49.9 Å². The van der Waals surface area contributed by atoms with Crippen molar-refractivity contribution in [2.75, 3.05) is 32.0 Å². The van der Waals surface area contributed by atoms with Crippen molar-refractivity contribution < 1.29 is 13.2 Å². The summed E-state index contributed by atoms with van der Waals surface area (Å²) in [6.45, 7) is 5.74. The van der Waals surface area contributed by atoms with Crippen LogP contribution in [0.4, 0.5) is 0 Å². The first-order chi connectivity index (χ1) is 12.5. The average Bonchev–Trinajstić information content (AvgIpc) is 3.22. The summed E-state index contributed by atoms with van der Waals surface area (Å²) < 4.78 is 32.0. The van der Waals surface area contributed by atoms with E-state index in [1.807, 2.05) is 6.20 Å². The third-order valence-electron chi connectivity index (χ3n) is 5.86. The van der Waals surface area contributed by atoms with Gasteiger partial charge >= 0.3 is 0 Å². The molecular weight excluding hydrogens is 350 g/mol. The number of nitrogens with one attached hydrogen (secondary N) is 2. The number of rotatable bonds is 7. The lowest BCUT2D eigenvalue weighted by Crippen LogP contribution is -2.64. The SMILES string of the molecule is CCS(=O)(=O)NCCC1CCOC12CN(Cc1cccc3[nH]ccc13)C2. The first-order valence-electron chi connectivity index (χ1n) is 9.40. The fourth-order valence-corrected chi connectivity index (χ4v) is 5.02. The van der Waals surface area contributed by atoms with Crippen molar-refractivity contribution in [2.45, 2.75) is 31.9 Å². The first-order valence-corrected chi connectivity index (χ1v) is 11.1. The molecule has 2 N–H and O–H groups in total. The highest BCUT2D eigenvalue weighted by Crippen LogP contribution is 2.42. The van der Waals surface area contributed by atoms with E-state index in [0.29, 0.717) is 12.5 Å². The van der Waals surface area contributed by atoms with Crippen molar-refractivity contribution in [3.05, 3.63) is 36.0 Å². The molecule has 26 heavy (non-hydrogen) atoms. The molecule has 6 nitrogen and oxygen atoms in total. The van der Waals surface area contributed by atoms with Crippen molar-refractivity contribution in [1.29, 1.82) is 0 Å². The summed E-state index contributed by atoms with van der Waals surface area (Å²) in [5.74, 6) is 0.569. The van der Waals surface area contributed by atoms with Crippen molar-refractivity contribution >= 4 is 20.9 Å². The minimum Gasteiger partial charge on any atom is -0.372 e. The molecule has 2 aliphatic heterocycles. The molecule has 2 fully saturated rings. The molecule has 0 saturated carbocycles. The maximum Gasteiger partial charge on any atom is 0.211 e. The zero-order valence-electron chi connectivity index (χ0n) is 15.2. The summed E-state index contributed by atoms with van der Waals surface area (Å²) in [6.07, 6.45) is 3.86. The summed E-state index contributed by atoms with van der Waals surface area (Å²) in [5.41, 5.74) is 2.43. The van der Waals surface area contributed by atoms with Crippen LogP contribution in [0.25, 0.3) is 10.9 Å². The Hall–Kier alpha value is -1.41. The smallest absolute Gasteiger partial charge is 0.211 e. The van der Waals surface area contributed by atoms with Crippen LogP contribution in [0.5, 0.6) is 0 Å². The number of ether oxygens (including phenoxy) is 1. The molecule has 0 radical (unpaired) electrons. The molecular formula is C19H27N3O3S. The molecule has 0 bridgehead atoms. The van der Waals surface area contributed by atoms with Gasteiger partial charge in [0.05, 0.1) is 11.4 Å². The number of nitrogens with zero attached hydrogens (tertiary/aromatic N) is 1. The predicted molar refractivity (Wildman–Crippen MR) is 102 cm³/mol. The van der Waals surface area contributed by atoms with Crippen molar-refractivity contribution in [3.63, 3.8) is 0 Å². The summed E-state index contributed by atoms with van der Waals surface area (Å²) in [6, 6.07) is 8.52. The molecule has 3 heterocycles. The van der Waals surface area contributed by atoms with E-state index in [4.69, 9.17) is 4.74 Å². The number of hydrogen-bond acceptors (Lipinski definition) is 4. The molecule has 1 atom stereocenters. The van der Waals surface area contributed by atoms with E-state index in [-0.39, 0.29) is 11.4 Å². The van der Waals surface area contributed by atoms with Gasteiger partial charge in [-0.25, -0.2) is 13.1 Å². The van der Waals surface area contributed by atoms with Crippen molar-refractivity contribution in [2.24, 2.45) is 5.92 Å². The molecule has 2 aliphatic rings. The largest absolute Gasteiger partial charge is 0.372 e. The van der Waals surface area contributed by atoms with Crippen molar-refractivity contribution in [1.82, 2.24) is 14.6 Å². The van der Waals surface area contributed by atoms with E-state index in [9.17, 15) is 8.42 Å². The highest BCUT2D eigenvalue weighted by Gasteiger charge is 2.52. The third kappa shape index (κ3) is 3.41. The molecule has 2 saturated heterocycles. The number of aromatic nitrogens is 1. The molecule has 1 aromatic heterocycles. The van der Waals surface area contributed by atoms with Crippen molar-refractivity contribution in [3.8, 4) is 0 Å². The van der Waals surface area contributed by atoms with Gasteiger partial charge in [0.15, 0.2) is 0 Å². The molecule has 1 spiro atoms. The zero-order valence-corrected chi connectivity index (χ0v) is 16.0. The first kappa shape index (κ1) is 18.0. The standard InChI is InChI=1S/C19H27N3O3S/c1-2-26(23,24)21-10-6-16-8-11-25-19(16)13-22(14-19)12-15-4-3-5-18-17(15)7-9-20-18/h3-5,7,9,16,20-21H,2,6,8,10-14H2,1H3. The van der Waals surface area contributed by atoms with E-state index < -0.39 is 10.0 Å². The number of likely N-dealkylation sites (tertiary alicyclic amines) is 1. The highest BCUT2D eigenvalue weighted by molar-refractivity contribution is 7.89. The number of H-pyrrole nitrogens is 1. The Morgan fingerprint density at radius 1 is 1.35 bits per heavy atom. The molecule has 0 aliphatic carbocycles. The lowest BCUT2D eigenvalue weighted by atomic mass is 9.79. The van der Waals surface area contributed by atoms with Gasteiger partial charge in [-0.05, 0) is 43.4 Å². The van der Waals surface area contributed by atoms with Gasteiger partial charge in [-0.15, -0.1) is 0 Å². The van der Waals surface area contributed by atoms with Gasteiger partial charge in [0.2, 0.25) is 10.0 Å². The van der Waals surface area contributed by atoms with Crippen LogP contribution in [0.15, 0.2) is 30.5 Å². The second-order valence-corrected chi connectivity index (χ2v) is 9.58. The van der Waals surface area contributed by atoms with Crippen LogP contribution in [0.3, 0.4) is 0 Å². The van der Waals surface area contributed by atoms with Crippen LogP contribution in [-0.2, 0) is 21.3 Å². The fraction of sp³-hybridized carbons (Fsp3) is 0.579. The Labute approximate surface area is 155 Å². The second-order valence-electron chi connectivity index (χ2n) is 7.49. The van der Waals surface area contributed by atoms with E-state index >= 15 is 0 Å². The topological polar surface area (TPSA) is 74.4 Å². The Kier molecular flexibility index (Phi) is 4.81. The summed E-state index contributed by atoms with van der Waals surface area (Å²) in [4.78, 5) is 5.69. The van der Waals surface area contributed by atoms with Gasteiger partial charge in [-0.3, -0.25) is 4.90 Å². The number of benzene rings is 1. The maximum absolute atomic E-state index is 11.6. The van der Waals surface area contributed by atoms with Gasteiger partial charge in [-0.1, -0.05) is 12.1 Å². The fourth-order valence-electron chi connectivity index (χ4n) is 4.38. The molecule has 1 aromatic carbocycles. The van der Waals surface area contributed by atoms with Crippen LogP contribution in [-0.4, -0.2) is 55.9 Å². The number of fused-ring (bicyclic) bond motifs is 1. The quantitative estimate of drug-likeness (QED) is 0.775. The van der Waals surface area contributed by atoms with E-state index in [0.717, 1.165) is 39.1 Å². The predicted octanol–water partition coefficient (Wildman–Crippen LogP) is 2.09. The van der Waals surface area contributed by atoms with E-state index in [1.165, 1.54) is 16.5 Å².